The Balaban J connectivity index is 1.67. The lowest BCUT2D eigenvalue weighted by molar-refractivity contribution is 0.251. The van der Waals surface area contributed by atoms with Crippen molar-refractivity contribution in [2.45, 2.75) is 16.3 Å². The van der Waals surface area contributed by atoms with Gasteiger partial charge >= 0.3 is 6.03 Å². The van der Waals surface area contributed by atoms with E-state index in [4.69, 9.17) is 7.85 Å². The Hall–Kier alpha value is -3.13. The highest BCUT2D eigenvalue weighted by Crippen LogP contribution is 2.21. The highest BCUT2D eigenvalue weighted by atomic mass is 32.2. The van der Waals surface area contributed by atoms with Crippen LogP contribution in [0.3, 0.4) is 0 Å². The van der Waals surface area contributed by atoms with Gasteiger partial charge in [-0.15, -0.1) is 0 Å². The van der Waals surface area contributed by atoms with Gasteiger partial charge in [-0.25, -0.2) is 13.2 Å². The summed E-state index contributed by atoms with van der Waals surface area (Å²) in [6.07, 6.45) is 3.32. The number of sulfone groups is 1. The summed E-state index contributed by atoms with van der Waals surface area (Å²) in [7, 11) is 2.05. The second kappa shape index (κ2) is 8.05. The predicted octanol–water partition coefficient (Wildman–Crippen LogP) is 2.03. The monoisotopic (exact) mass is 377 g/mol. The molecule has 0 saturated heterocycles. The van der Waals surface area contributed by atoms with Crippen molar-refractivity contribution < 1.29 is 13.2 Å². The van der Waals surface area contributed by atoms with Gasteiger partial charge in [0, 0.05) is 24.6 Å². The fourth-order valence-electron chi connectivity index (χ4n) is 2.43. The lowest BCUT2D eigenvalue weighted by Crippen LogP contribution is -2.28. The number of aromatic nitrogens is 1. The van der Waals surface area contributed by atoms with Gasteiger partial charge in [0.05, 0.1) is 9.79 Å². The average Bonchev–Trinajstić information content (AvgIpc) is 2.68. The Labute approximate surface area is 159 Å². The average molecular weight is 377 g/mol. The van der Waals surface area contributed by atoms with Crippen molar-refractivity contribution in [2.24, 2.45) is 0 Å². The van der Waals surface area contributed by atoms with Gasteiger partial charge in [0.15, 0.2) is 0 Å². The SMILES string of the molecule is [B]c1ccccc1S(=O)(=O)c1ccc(NC(=O)NCc2cccnc2)cc1. The molecule has 0 atom stereocenters. The summed E-state index contributed by atoms with van der Waals surface area (Å²) in [5.74, 6) is 0. The van der Waals surface area contributed by atoms with Gasteiger partial charge in [0.1, 0.15) is 7.85 Å². The number of urea groups is 1. The molecule has 2 aromatic carbocycles. The van der Waals surface area contributed by atoms with Crippen LogP contribution in [0, 0.1) is 0 Å². The van der Waals surface area contributed by atoms with E-state index in [0.29, 0.717) is 12.2 Å². The summed E-state index contributed by atoms with van der Waals surface area (Å²) >= 11 is 0. The molecule has 0 aliphatic carbocycles. The Morgan fingerprint density at radius 1 is 1.00 bits per heavy atom. The highest BCUT2D eigenvalue weighted by molar-refractivity contribution is 7.91. The molecule has 0 aliphatic rings. The van der Waals surface area contributed by atoms with Crippen LogP contribution in [-0.4, -0.2) is 27.3 Å². The van der Waals surface area contributed by atoms with Gasteiger partial charge in [-0.1, -0.05) is 29.7 Å². The van der Waals surface area contributed by atoms with Gasteiger partial charge in [-0.2, -0.15) is 0 Å². The summed E-state index contributed by atoms with van der Waals surface area (Å²) in [4.78, 5) is 16.1. The van der Waals surface area contributed by atoms with Crippen molar-refractivity contribution in [2.75, 3.05) is 5.32 Å². The van der Waals surface area contributed by atoms with Crippen LogP contribution in [0.4, 0.5) is 10.5 Å². The molecule has 3 aromatic rings. The molecule has 0 aliphatic heterocycles. The molecule has 0 unspecified atom stereocenters. The lowest BCUT2D eigenvalue weighted by Gasteiger charge is -2.10. The van der Waals surface area contributed by atoms with Gasteiger partial charge in [-0.05, 0) is 42.0 Å². The Bertz CT molecular complexity index is 1040. The molecule has 1 aromatic heterocycles. The minimum absolute atomic E-state index is 0.0555. The summed E-state index contributed by atoms with van der Waals surface area (Å²) in [6.45, 7) is 0.333. The normalized spacial score (nSPS) is 11.0. The van der Waals surface area contributed by atoms with Crippen molar-refractivity contribution in [3.63, 3.8) is 0 Å². The number of anilines is 1. The van der Waals surface area contributed by atoms with E-state index in [1.165, 1.54) is 36.4 Å². The van der Waals surface area contributed by atoms with E-state index >= 15 is 0 Å². The summed E-state index contributed by atoms with van der Waals surface area (Å²) in [5, 5.41) is 5.35. The highest BCUT2D eigenvalue weighted by Gasteiger charge is 2.19. The van der Waals surface area contributed by atoms with Crippen LogP contribution in [0.2, 0.25) is 0 Å². The van der Waals surface area contributed by atoms with Crippen LogP contribution in [0.25, 0.3) is 0 Å². The first kappa shape index (κ1) is 18.7. The van der Waals surface area contributed by atoms with Crippen LogP contribution in [-0.2, 0) is 16.4 Å². The molecule has 2 amide bonds. The predicted molar refractivity (Wildman–Crippen MR) is 104 cm³/mol. The molecule has 1 heterocycles. The van der Waals surface area contributed by atoms with Gasteiger partial charge in [0.2, 0.25) is 9.84 Å². The molecule has 0 fully saturated rings. The molecule has 134 valence electrons. The van der Waals surface area contributed by atoms with Crippen LogP contribution in [0.5, 0.6) is 0 Å². The third-order valence-electron chi connectivity index (χ3n) is 3.81. The lowest BCUT2D eigenvalue weighted by atomic mass is 9.97. The third kappa shape index (κ3) is 4.54. The molecule has 6 nitrogen and oxygen atoms in total. The molecule has 2 radical (unpaired) electrons. The zero-order valence-electron chi connectivity index (χ0n) is 14.3. The Kier molecular flexibility index (Phi) is 5.56. The van der Waals surface area contributed by atoms with E-state index in [0.717, 1.165) is 5.56 Å². The number of nitrogens with one attached hydrogen (secondary N) is 2. The maximum atomic E-state index is 12.7. The number of nitrogens with zero attached hydrogens (tertiary/aromatic N) is 1. The summed E-state index contributed by atoms with van der Waals surface area (Å²) in [6, 6.07) is 15.4. The van der Waals surface area contributed by atoms with E-state index in [2.05, 4.69) is 15.6 Å². The van der Waals surface area contributed by atoms with E-state index in [1.807, 2.05) is 6.07 Å². The number of carbonyl (C=O) groups excluding carboxylic acids is 1. The zero-order valence-corrected chi connectivity index (χ0v) is 15.1. The van der Waals surface area contributed by atoms with Crippen LogP contribution in [0.1, 0.15) is 5.56 Å². The number of pyridine rings is 1. The van der Waals surface area contributed by atoms with Crippen molar-refractivity contribution >= 4 is 34.9 Å². The van der Waals surface area contributed by atoms with Gasteiger partial charge in [-0.3, -0.25) is 4.98 Å². The number of rotatable bonds is 5. The molecule has 3 rings (SSSR count). The maximum Gasteiger partial charge on any atom is 0.319 e. The molecule has 27 heavy (non-hydrogen) atoms. The standard InChI is InChI=1S/C19H16BN3O3S/c20-17-5-1-2-6-18(17)27(25,26)16-9-7-15(8-10-16)23-19(24)22-13-14-4-3-11-21-12-14/h1-12H,13H2,(H2,22,23,24). The van der Waals surface area contributed by atoms with Crippen LogP contribution < -0.4 is 16.1 Å². The van der Waals surface area contributed by atoms with Crippen molar-refractivity contribution in [3.05, 3.63) is 78.6 Å². The van der Waals surface area contributed by atoms with Crippen LogP contribution in [0.15, 0.2) is 82.8 Å². The van der Waals surface area contributed by atoms with E-state index < -0.39 is 15.9 Å². The number of carbonyl (C=O) groups is 1. The molecule has 8 heteroatoms. The molecule has 0 spiro atoms. The topological polar surface area (TPSA) is 88.2 Å². The fraction of sp³-hybridized carbons (Fsp3) is 0.0526. The quantitative estimate of drug-likeness (QED) is 0.666. The largest absolute Gasteiger partial charge is 0.334 e. The van der Waals surface area contributed by atoms with Gasteiger partial charge in [0.25, 0.3) is 0 Å². The summed E-state index contributed by atoms with van der Waals surface area (Å²) in [5.41, 5.74) is 1.53. The van der Waals surface area contributed by atoms with Crippen molar-refractivity contribution in [3.8, 4) is 0 Å². The fourth-order valence-corrected chi connectivity index (χ4v) is 3.81. The number of hydrogen-bond donors (Lipinski definition) is 2. The van der Waals surface area contributed by atoms with Gasteiger partial charge < -0.3 is 10.6 Å². The zero-order chi connectivity index (χ0) is 19.3. The second-order valence-corrected chi connectivity index (χ2v) is 7.65. The second-order valence-electron chi connectivity index (χ2n) is 5.73. The van der Waals surface area contributed by atoms with E-state index in [9.17, 15) is 13.2 Å². The van der Waals surface area contributed by atoms with E-state index in [1.54, 1.807) is 30.6 Å². The molecule has 0 saturated carbocycles. The minimum atomic E-state index is -3.72. The van der Waals surface area contributed by atoms with Crippen molar-refractivity contribution in [1.82, 2.24) is 10.3 Å². The first-order valence-electron chi connectivity index (χ1n) is 8.10. The number of hydrogen-bond acceptors (Lipinski definition) is 4. The Morgan fingerprint density at radius 2 is 1.74 bits per heavy atom. The Morgan fingerprint density at radius 3 is 2.41 bits per heavy atom. The third-order valence-corrected chi connectivity index (χ3v) is 5.65. The first-order valence-corrected chi connectivity index (χ1v) is 9.58. The molecular weight excluding hydrogens is 361 g/mol. The first-order chi connectivity index (χ1) is 13.0. The number of amides is 2. The summed E-state index contributed by atoms with van der Waals surface area (Å²) < 4.78 is 25.3. The molecule has 0 bridgehead atoms. The van der Waals surface area contributed by atoms with Crippen LogP contribution >= 0.6 is 0 Å². The smallest absolute Gasteiger partial charge is 0.319 e. The molecular formula is C19H16BN3O3S. The molecule has 2 N–H and O–H groups in total. The van der Waals surface area contributed by atoms with Crippen molar-refractivity contribution in [1.29, 1.82) is 0 Å². The minimum Gasteiger partial charge on any atom is -0.334 e. The number of benzene rings is 2. The maximum absolute atomic E-state index is 12.7. The van der Waals surface area contributed by atoms with E-state index in [-0.39, 0.29) is 15.3 Å².